The predicted molar refractivity (Wildman–Crippen MR) is 116 cm³/mol. The largest absolute Gasteiger partial charge is 0.325 e. The van der Waals surface area contributed by atoms with Gasteiger partial charge in [-0.2, -0.15) is 5.26 Å². The Morgan fingerprint density at radius 2 is 1.97 bits per heavy atom. The number of likely N-dealkylation sites (N-methyl/N-ethyl adjacent to an activating group) is 1. The van der Waals surface area contributed by atoms with Gasteiger partial charge in [-0.1, -0.05) is 13.0 Å². The topological polar surface area (TPSA) is 91.7 Å². The number of likely N-dealkylation sites (tertiary alicyclic amines) is 1. The highest BCUT2D eigenvalue weighted by Gasteiger charge is 2.26. The van der Waals surface area contributed by atoms with Crippen LogP contribution in [0.4, 0.5) is 0 Å². The van der Waals surface area contributed by atoms with Crippen molar-refractivity contribution in [1.82, 2.24) is 19.9 Å². The molecule has 2 N–H and O–H groups in total. The summed E-state index contributed by atoms with van der Waals surface area (Å²) in [6.07, 6.45) is 2.79. The minimum atomic E-state index is 0.241. The van der Waals surface area contributed by atoms with Crippen molar-refractivity contribution in [3.63, 3.8) is 0 Å². The Labute approximate surface area is 172 Å². The zero-order valence-corrected chi connectivity index (χ0v) is 17.3. The second kappa shape index (κ2) is 9.55. The molecule has 6 heteroatoms. The van der Waals surface area contributed by atoms with Gasteiger partial charge in [0.15, 0.2) is 0 Å². The van der Waals surface area contributed by atoms with Gasteiger partial charge in [0.05, 0.1) is 28.7 Å². The van der Waals surface area contributed by atoms with Gasteiger partial charge in [0.25, 0.3) is 0 Å². The molecule has 4 rings (SSSR count). The SMILES string of the molecule is CCC(C)C#N.CN1CC(c2cccc(-c3ccc4cnc(CN)cc4n3)n2)C1. The molecule has 3 aromatic heterocycles. The van der Waals surface area contributed by atoms with Crippen LogP contribution in [0.3, 0.4) is 0 Å². The number of fused-ring (bicyclic) bond motifs is 1. The van der Waals surface area contributed by atoms with Crippen LogP contribution in [-0.4, -0.2) is 40.0 Å². The Bertz CT molecular complexity index is 1000. The van der Waals surface area contributed by atoms with E-state index < -0.39 is 0 Å². The molecule has 1 unspecified atom stereocenters. The fourth-order valence-corrected chi connectivity index (χ4v) is 3.11. The molecule has 4 heterocycles. The Morgan fingerprint density at radius 3 is 2.59 bits per heavy atom. The third-order valence-corrected chi connectivity index (χ3v) is 5.19. The fraction of sp³-hybridized carbons (Fsp3) is 0.391. The number of hydrogen-bond donors (Lipinski definition) is 1. The smallest absolute Gasteiger partial charge is 0.0894 e. The van der Waals surface area contributed by atoms with Crippen molar-refractivity contribution >= 4 is 10.9 Å². The number of aromatic nitrogens is 3. The van der Waals surface area contributed by atoms with E-state index in [9.17, 15) is 0 Å². The monoisotopic (exact) mass is 388 g/mol. The number of nitrogens with two attached hydrogens (primary N) is 1. The maximum Gasteiger partial charge on any atom is 0.0894 e. The molecule has 0 saturated carbocycles. The van der Waals surface area contributed by atoms with Crippen LogP contribution < -0.4 is 5.73 Å². The molecule has 1 atom stereocenters. The van der Waals surface area contributed by atoms with Crippen molar-refractivity contribution in [1.29, 1.82) is 5.26 Å². The Kier molecular flexibility index (Phi) is 6.86. The highest BCUT2D eigenvalue weighted by atomic mass is 15.2. The maximum atomic E-state index is 8.08. The lowest BCUT2D eigenvalue weighted by molar-refractivity contribution is 0.187. The number of pyridine rings is 3. The highest BCUT2D eigenvalue weighted by molar-refractivity contribution is 5.80. The highest BCUT2D eigenvalue weighted by Crippen LogP contribution is 2.26. The number of hydrogen-bond acceptors (Lipinski definition) is 6. The van der Waals surface area contributed by atoms with Crippen molar-refractivity contribution in [2.45, 2.75) is 32.7 Å². The second-order valence-electron chi connectivity index (χ2n) is 7.57. The lowest BCUT2D eigenvalue weighted by atomic mass is 9.96. The van der Waals surface area contributed by atoms with Crippen molar-refractivity contribution in [2.24, 2.45) is 11.7 Å². The van der Waals surface area contributed by atoms with Crippen molar-refractivity contribution in [3.8, 4) is 17.5 Å². The third-order valence-electron chi connectivity index (χ3n) is 5.19. The first kappa shape index (κ1) is 20.8. The normalized spacial score (nSPS) is 15.1. The Balaban J connectivity index is 0.000000353. The molecule has 0 aliphatic carbocycles. The van der Waals surface area contributed by atoms with Gasteiger partial charge in [-0.3, -0.25) is 9.97 Å². The van der Waals surface area contributed by atoms with Crippen LogP contribution in [0.2, 0.25) is 0 Å². The van der Waals surface area contributed by atoms with Gasteiger partial charge in [0.2, 0.25) is 0 Å². The standard InChI is InChI=1S/C18H19N5.C5H9N/c1-23-10-13(11-23)15-3-2-4-16(21-15)17-6-5-12-9-20-14(8-19)7-18(12)22-17;1-3-5(2)4-6/h2-7,9,13H,8,10-11,19H2,1H3;5H,3H2,1-2H3. The van der Waals surface area contributed by atoms with E-state index in [-0.39, 0.29) is 5.92 Å². The maximum absolute atomic E-state index is 8.08. The van der Waals surface area contributed by atoms with Crippen LogP contribution in [0.1, 0.15) is 37.6 Å². The molecular weight excluding hydrogens is 360 g/mol. The summed E-state index contributed by atoms with van der Waals surface area (Å²) < 4.78 is 0. The average Bonchev–Trinajstić information content (AvgIpc) is 2.76. The summed E-state index contributed by atoms with van der Waals surface area (Å²) in [5.41, 5.74) is 10.4. The molecule has 3 aromatic rings. The third kappa shape index (κ3) is 5.14. The number of nitrogens with zero attached hydrogens (tertiary/aromatic N) is 5. The van der Waals surface area contributed by atoms with Crippen LogP contribution in [0.5, 0.6) is 0 Å². The molecule has 0 aromatic carbocycles. The van der Waals surface area contributed by atoms with Crippen LogP contribution in [0.15, 0.2) is 42.6 Å². The number of nitriles is 1. The van der Waals surface area contributed by atoms with Crippen molar-refractivity contribution < 1.29 is 0 Å². The second-order valence-corrected chi connectivity index (χ2v) is 7.57. The van der Waals surface area contributed by atoms with Gasteiger partial charge < -0.3 is 10.6 Å². The van der Waals surface area contributed by atoms with Crippen LogP contribution >= 0.6 is 0 Å². The van der Waals surface area contributed by atoms with Gasteiger partial charge >= 0.3 is 0 Å². The summed E-state index contributed by atoms with van der Waals surface area (Å²) in [6.45, 7) is 6.50. The van der Waals surface area contributed by atoms with Gasteiger partial charge in [-0.25, -0.2) is 4.98 Å². The lowest BCUT2D eigenvalue weighted by Crippen LogP contribution is -2.42. The first-order chi connectivity index (χ1) is 14.0. The van der Waals surface area contributed by atoms with E-state index in [1.807, 2.05) is 44.3 Å². The molecule has 1 aliphatic heterocycles. The Hall–Kier alpha value is -2.88. The molecule has 6 nitrogen and oxygen atoms in total. The van der Waals surface area contributed by atoms with E-state index in [0.717, 1.165) is 53.2 Å². The van der Waals surface area contributed by atoms with Crippen molar-refractivity contribution in [2.75, 3.05) is 20.1 Å². The summed E-state index contributed by atoms with van der Waals surface area (Å²) in [4.78, 5) is 16.2. The fourth-order valence-electron chi connectivity index (χ4n) is 3.11. The van der Waals surface area contributed by atoms with E-state index in [4.69, 9.17) is 21.0 Å². The molecule has 1 aliphatic rings. The molecule has 0 radical (unpaired) electrons. The van der Waals surface area contributed by atoms with Crippen LogP contribution in [-0.2, 0) is 6.54 Å². The summed E-state index contributed by atoms with van der Waals surface area (Å²) in [6, 6.07) is 14.3. The summed E-state index contributed by atoms with van der Waals surface area (Å²) in [5.74, 6) is 0.776. The molecule has 29 heavy (non-hydrogen) atoms. The zero-order valence-electron chi connectivity index (χ0n) is 17.3. The van der Waals surface area contributed by atoms with Crippen molar-refractivity contribution in [3.05, 3.63) is 54.0 Å². The summed E-state index contributed by atoms with van der Waals surface area (Å²) >= 11 is 0. The quantitative estimate of drug-likeness (QED) is 0.732. The van der Waals surface area contributed by atoms with E-state index in [1.54, 1.807) is 0 Å². The lowest BCUT2D eigenvalue weighted by Gasteiger charge is -2.35. The molecule has 0 amide bonds. The average molecular weight is 389 g/mol. The number of rotatable bonds is 4. The van der Waals surface area contributed by atoms with E-state index in [0.29, 0.717) is 12.5 Å². The van der Waals surface area contributed by atoms with E-state index in [2.05, 4.69) is 35.1 Å². The van der Waals surface area contributed by atoms with Crippen LogP contribution in [0.25, 0.3) is 22.3 Å². The minimum Gasteiger partial charge on any atom is -0.325 e. The van der Waals surface area contributed by atoms with Gasteiger partial charge in [0, 0.05) is 48.7 Å². The molecule has 1 fully saturated rings. The van der Waals surface area contributed by atoms with Gasteiger partial charge in [0.1, 0.15) is 0 Å². The first-order valence-corrected chi connectivity index (χ1v) is 10.0. The zero-order chi connectivity index (χ0) is 20.8. The van der Waals surface area contributed by atoms with Crippen LogP contribution in [0, 0.1) is 17.2 Å². The minimum absolute atomic E-state index is 0.241. The summed E-state index contributed by atoms with van der Waals surface area (Å²) in [7, 11) is 2.13. The molecular formula is C23H28N6. The van der Waals surface area contributed by atoms with E-state index in [1.165, 1.54) is 0 Å². The molecule has 1 saturated heterocycles. The van der Waals surface area contributed by atoms with Gasteiger partial charge in [-0.05, 0) is 50.7 Å². The molecule has 0 spiro atoms. The van der Waals surface area contributed by atoms with E-state index >= 15 is 0 Å². The molecule has 150 valence electrons. The van der Waals surface area contributed by atoms with Gasteiger partial charge in [-0.15, -0.1) is 0 Å². The summed E-state index contributed by atoms with van der Waals surface area (Å²) in [5, 5.41) is 9.10. The molecule has 0 bridgehead atoms. The Morgan fingerprint density at radius 1 is 1.21 bits per heavy atom. The first-order valence-electron chi connectivity index (χ1n) is 10.0. The predicted octanol–water partition coefficient (Wildman–Crippen LogP) is 3.74.